The van der Waals surface area contributed by atoms with E-state index in [2.05, 4.69) is 4.52 Å². The molecule has 1 amide bonds. The highest BCUT2D eigenvalue weighted by atomic mass is 31.2. The maximum absolute atomic E-state index is 12.2. The summed E-state index contributed by atoms with van der Waals surface area (Å²) in [5.74, 6) is -1.94. The Morgan fingerprint density at radius 3 is 2.31 bits per heavy atom. The van der Waals surface area contributed by atoms with Crippen LogP contribution in [-0.2, 0) is 13.9 Å². The summed E-state index contributed by atoms with van der Waals surface area (Å²) in [5, 5.41) is 1.46. The number of halogens is 4. The zero-order chi connectivity index (χ0) is 13.0. The van der Waals surface area contributed by atoms with E-state index in [1.54, 1.807) is 0 Å². The van der Waals surface area contributed by atoms with Gasteiger partial charge in [-0.15, -0.1) is 0 Å². The fourth-order valence-corrected chi connectivity index (χ4v) is 0.906. The van der Waals surface area contributed by atoms with Crippen LogP contribution in [-0.4, -0.2) is 41.2 Å². The van der Waals surface area contributed by atoms with E-state index in [1.165, 1.54) is 5.32 Å². The molecule has 6 nitrogen and oxygen atoms in total. The standard InChI is InChI=1S/C5H8F4NO5P/c6-3(5(7,8)9)4(11)10-1-2-15-16(12,13)14/h3H,1-2H2,(H,10,11)(H2,12,13,14). The fraction of sp³-hybridized carbons (Fsp3) is 0.800. The van der Waals surface area contributed by atoms with Gasteiger partial charge in [0.25, 0.3) is 12.1 Å². The van der Waals surface area contributed by atoms with E-state index in [9.17, 15) is 26.9 Å². The van der Waals surface area contributed by atoms with Crippen LogP contribution in [0.25, 0.3) is 0 Å². The van der Waals surface area contributed by atoms with Crippen molar-refractivity contribution in [2.24, 2.45) is 0 Å². The van der Waals surface area contributed by atoms with Crippen molar-refractivity contribution in [2.45, 2.75) is 12.3 Å². The maximum Gasteiger partial charge on any atom is 0.469 e. The first-order valence-corrected chi connectivity index (χ1v) is 5.25. The number of nitrogens with one attached hydrogen (secondary N) is 1. The van der Waals surface area contributed by atoms with Crippen molar-refractivity contribution in [3.05, 3.63) is 0 Å². The maximum atomic E-state index is 12.2. The van der Waals surface area contributed by atoms with Gasteiger partial charge in [-0.05, 0) is 0 Å². The number of alkyl halides is 4. The van der Waals surface area contributed by atoms with Crippen molar-refractivity contribution in [2.75, 3.05) is 13.2 Å². The molecule has 0 saturated carbocycles. The molecule has 0 spiro atoms. The van der Waals surface area contributed by atoms with Crippen LogP contribution in [0.15, 0.2) is 0 Å². The highest BCUT2D eigenvalue weighted by Gasteiger charge is 2.45. The molecule has 3 N–H and O–H groups in total. The first-order chi connectivity index (χ1) is 7.04. The Bertz CT molecular complexity index is 289. The van der Waals surface area contributed by atoms with Crippen molar-refractivity contribution < 1.29 is 41.2 Å². The molecule has 0 aromatic rings. The minimum atomic E-state index is -5.31. The SMILES string of the molecule is O=C(NCCOP(=O)(O)O)C(F)C(F)(F)F. The molecule has 0 aliphatic carbocycles. The molecule has 1 atom stereocenters. The third kappa shape index (κ3) is 6.72. The van der Waals surface area contributed by atoms with E-state index >= 15 is 0 Å². The van der Waals surface area contributed by atoms with Crippen molar-refractivity contribution in [1.82, 2.24) is 5.32 Å². The summed E-state index contributed by atoms with van der Waals surface area (Å²) in [6.07, 6.45) is -8.99. The second-order valence-electron chi connectivity index (χ2n) is 2.52. The number of phosphoric acid groups is 1. The van der Waals surface area contributed by atoms with Gasteiger partial charge in [0.1, 0.15) is 0 Å². The average Bonchev–Trinajstić information content (AvgIpc) is 2.07. The van der Waals surface area contributed by atoms with E-state index in [4.69, 9.17) is 9.79 Å². The highest BCUT2D eigenvalue weighted by molar-refractivity contribution is 7.46. The van der Waals surface area contributed by atoms with Gasteiger partial charge in [-0.2, -0.15) is 13.2 Å². The predicted molar refractivity (Wildman–Crippen MR) is 42.0 cm³/mol. The van der Waals surface area contributed by atoms with Gasteiger partial charge < -0.3 is 15.1 Å². The highest BCUT2D eigenvalue weighted by Crippen LogP contribution is 2.35. The van der Waals surface area contributed by atoms with Crippen molar-refractivity contribution in [3.63, 3.8) is 0 Å². The van der Waals surface area contributed by atoms with Gasteiger partial charge in [-0.25, -0.2) is 8.96 Å². The molecule has 96 valence electrons. The molecule has 11 heteroatoms. The van der Waals surface area contributed by atoms with Crippen molar-refractivity contribution >= 4 is 13.7 Å². The molecule has 0 rings (SSSR count). The number of rotatable bonds is 5. The van der Waals surface area contributed by atoms with Gasteiger partial charge in [0.15, 0.2) is 0 Å². The van der Waals surface area contributed by atoms with E-state index in [0.29, 0.717) is 0 Å². The summed E-state index contributed by atoms with van der Waals surface area (Å²) in [4.78, 5) is 26.7. The normalized spacial score (nSPS) is 14.6. The molecule has 0 aliphatic rings. The second kappa shape index (κ2) is 5.58. The monoisotopic (exact) mass is 269 g/mol. The molecule has 0 aliphatic heterocycles. The molecule has 0 bridgehead atoms. The summed E-state index contributed by atoms with van der Waals surface area (Å²) in [6, 6.07) is 0. The fourth-order valence-electron chi connectivity index (χ4n) is 0.577. The lowest BCUT2D eigenvalue weighted by Gasteiger charge is -2.12. The van der Waals surface area contributed by atoms with Gasteiger partial charge in [0.05, 0.1) is 6.61 Å². The summed E-state index contributed by atoms with van der Waals surface area (Å²) >= 11 is 0. The van der Waals surface area contributed by atoms with E-state index < -0.39 is 39.2 Å². The van der Waals surface area contributed by atoms with Crippen LogP contribution in [0.1, 0.15) is 0 Å². The Balaban J connectivity index is 3.88. The van der Waals surface area contributed by atoms with E-state index in [-0.39, 0.29) is 0 Å². The van der Waals surface area contributed by atoms with Gasteiger partial charge >= 0.3 is 14.0 Å². The van der Waals surface area contributed by atoms with Crippen LogP contribution < -0.4 is 5.32 Å². The minimum Gasteiger partial charge on any atom is -0.351 e. The van der Waals surface area contributed by atoms with Crippen LogP contribution >= 0.6 is 7.82 Å². The number of hydrogen-bond acceptors (Lipinski definition) is 3. The Morgan fingerprint density at radius 1 is 1.44 bits per heavy atom. The molecule has 0 aromatic carbocycles. The lowest BCUT2D eigenvalue weighted by Crippen LogP contribution is -2.42. The number of carbonyl (C=O) groups excluding carboxylic acids is 1. The number of carbonyl (C=O) groups is 1. The lowest BCUT2D eigenvalue weighted by molar-refractivity contribution is -0.186. The third-order valence-corrected chi connectivity index (χ3v) is 1.70. The topological polar surface area (TPSA) is 95.9 Å². The molecule has 0 heterocycles. The minimum absolute atomic E-state index is 0.652. The molecular formula is C5H8F4NO5P. The van der Waals surface area contributed by atoms with Gasteiger partial charge in [-0.3, -0.25) is 9.32 Å². The molecule has 16 heavy (non-hydrogen) atoms. The number of phosphoric ester groups is 1. The third-order valence-electron chi connectivity index (χ3n) is 1.18. The van der Waals surface area contributed by atoms with Crippen molar-refractivity contribution in [3.8, 4) is 0 Å². The quantitative estimate of drug-likeness (QED) is 0.374. The molecule has 0 saturated heterocycles. The second-order valence-corrected chi connectivity index (χ2v) is 3.76. The van der Waals surface area contributed by atoms with Crippen LogP contribution in [0.3, 0.4) is 0 Å². The summed E-state index contributed by atoms with van der Waals surface area (Å²) < 4.78 is 60.9. The van der Waals surface area contributed by atoms with Crippen LogP contribution in [0.5, 0.6) is 0 Å². The van der Waals surface area contributed by atoms with E-state index in [1.807, 2.05) is 0 Å². The van der Waals surface area contributed by atoms with Crippen molar-refractivity contribution in [1.29, 1.82) is 0 Å². The van der Waals surface area contributed by atoms with Crippen LogP contribution in [0.4, 0.5) is 17.6 Å². The number of hydrogen-bond donors (Lipinski definition) is 3. The first kappa shape index (κ1) is 15.3. The lowest BCUT2D eigenvalue weighted by atomic mass is 10.3. The van der Waals surface area contributed by atoms with E-state index in [0.717, 1.165) is 0 Å². The van der Waals surface area contributed by atoms with Gasteiger partial charge in [0.2, 0.25) is 0 Å². The molecular weight excluding hydrogens is 261 g/mol. The molecule has 0 aromatic heterocycles. The number of amides is 1. The van der Waals surface area contributed by atoms with Gasteiger partial charge in [-0.1, -0.05) is 0 Å². The Hall–Kier alpha value is -0.700. The summed E-state index contributed by atoms with van der Waals surface area (Å²) in [5.41, 5.74) is 0. The zero-order valence-corrected chi connectivity index (χ0v) is 8.46. The Morgan fingerprint density at radius 2 is 1.94 bits per heavy atom. The van der Waals surface area contributed by atoms with Crippen LogP contribution in [0, 0.1) is 0 Å². The Kier molecular flexibility index (Phi) is 5.33. The molecule has 1 unspecified atom stereocenters. The molecule has 0 fully saturated rings. The molecule has 0 radical (unpaired) electrons. The smallest absolute Gasteiger partial charge is 0.351 e. The summed E-state index contributed by atoms with van der Waals surface area (Å²) in [7, 11) is -4.75. The first-order valence-electron chi connectivity index (χ1n) is 3.72. The summed E-state index contributed by atoms with van der Waals surface area (Å²) in [6.45, 7) is -1.39. The average molecular weight is 269 g/mol. The van der Waals surface area contributed by atoms with Gasteiger partial charge in [0, 0.05) is 6.54 Å². The Labute approximate surface area is 86.8 Å². The largest absolute Gasteiger partial charge is 0.469 e. The predicted octanol–water partition coefficient (Wildman–Crippen LogP) is 0.112. The van der Waals surface area contributed by atoms with Crippen LogP contribution in [0.2, 0.25) is 0 Å². The zero-order valence-electron chi connectivity index (χ0n) is 7.57.